The van der Waals surface area contributed by atoms with Crippen molar-refractivity contribution in [2.24, 2.45) is 5.73 Å². The topological polar surface area (TPSA) is 55.1 Å². The summed E-state index contributed by atoms with van der Waals surface area (Å²) in [5, 5.41) is 2.76. The Bertz CT molecular complexity index is 481. The van der Waals surface area contributed by atoms with E-state index in [1.54, 1.807) is 26.0 Å². The second-order valence-electron chi connectivity index (χ2n) is 5.91. The van der Waals surface area contributed by atoms with Crippen LogP contribution in [0.25, 0.3) is 0 Å². The Morgan fingerprint density at radius 3 is 2.47 bits per heavy atom. The number of benzene rings is 1. The van der Waals surface area contributed by atoms with Crippen LogP contribution in [0.15, 0.2) is 22.7 Å². The Kier molecular flexibility index (Phi) is 4.74. The summed E-state index contributed by atoms with van der Waals surface area (Å²) in [7, 11) is 0. The highest BCUT2D eigenvalue weighted by Crippen LogP contribution is 2.28. The molecule has 0 radical (unpaired) electrons. The fraction of sp³-hybridized carbons (Fsp3) is 0.500. The van der Waals surface area contributed by atoms with Gasteiger partial charge in [0.1, 0.15) is 5.82 Å². The van der Waals surface area contributed by atoms with E-state index in [9.17, 15) is 9.18 Å². The number of carbonyl (C=O) groups is 1. The summed E-state index contributed by atoms with van der Waals surface area (Å²) >= 11 is 3.33. The molecular formula is C14H20BrFN2O. The van der Waals surface area contributed by atoms with Gasteiger partial charge in [0.2, 0.25) is 5.91 Å². The van der Waals surface area contributed by atoms with Crippen LogP contribution in [0.1, 0.15) is 33.3 Å². The maximum absolute atomic E-state index is 13.9. The molecule has 0 atom stereocenters. The Morgan fingerprint density at radius 2 is 1.95 bits per heavy atom. The molecule has 1 aromatic carbocycles. The van der Waals surface area contributed by atoms with Gasteiger partial charge >= 0.3 is 0 Å². The molecule has 0 aliphatic heterocycles. The van der Waals surface area contributed by atoms with Crippen molar-refractivity contribution in [2.75, 3.05) is 6.54 Å². The van der Waals surface area contributed by atoms with E-state index in [1.807, 2.05) is 13.8 Å². The van der Waals surface area contributed by atoms with Gasteiger partial charge in [-0.15, -0.1) is 0 Å². The van der Waals surface area contributed by atoms with E-state index in [4.69, 9.17) is 5.73 Å². The van der Waals surface area contributed by atoms with Crippen LogP contribution < -0.4 is 11.1 Å². The molecule has 0 heterocycles. The molecule has 0 saturated heterocycles. The molecule has 0 bridgehead atoms. The van der Waals surface area contributed by atoms with Crippen LogP contribution in [0, 0.1) is 5.82 Å². The average molecular weight is 331 g/mol. The molecule has 0 aromatic heterocycles. The van der Waals surface area contributed by atoms with Gasteiger partial charge in [-0.05, 0) is 37.6 Å². The third kappa shape index (κ3) is 4.28. The Morgan fingerprint density at radius 1 is 1.37 bits per heavy atom. The first-order valence-electron chi connectivity index (χ1n) is 6.07. The van der Waals surface area contributed by atoms with E-state index >= 15 is 0 Å². The molecule has 106 valence electrons. The zero-order valence-corrected chi connectivity index (χ0v) is 13.3. The monoisotopic (exact) mass is 330 g/mol. The lowest BCUT2D eigenvalue weighted by atomic mass is 9.84. The smallest absolute Gasteiger partial charge is 0.239 e. The quantitative estimate of drug-likeness (QED) is 0.891. The highest BCUT2D eigenvalue weighted by molar-refractivity contribution is 9.10. The zero-order valence-electron chi connectivity index (χ0n) is 11.7. The van der Waals surface area contributed by atoms with Crippen molar-refractivity contribution in [2.45, 2.75) is 38.6 Å². The number of rotatable bonds is 4. The summed E-state index contributed by atoms with van der Waals surface area (Å²) in [5.41, 5.74) is 4.80. The molecule has 0 aliphatic rings. The molecule has 0 aliphatic carbocycles. The molecule has 1 amide bonds. The van der Waals surface area contributed by atoms with Gasteiger partial charge in [0.25, 0.3) is 0 Å². The van der Waals surface area contributed by atoms with Crippen LogP contribution in [0.3, 0.4) is 0 Å². The highest BCUT2D eigenvalue weighted by atomic mass is 79.9. The lowest BCUT2D eigenvalue weighted by Gasteiger charge is -2.28. The van der Waals surface area contributed by atoms with E-state index in [0.717, 1.165) is 4.47 Å². The lowest BCUT2D eigenvalue weighted by Crippen LogP contribution is -2.51. The minimum Gasteiger partial charge on any atom is -0.354 e. The second-order valence-corrected chi connectivity index (χ2v) is 6.83. The summed E-state index contributed by atoms with van der Waals surface area (Å²) in [5.74, 6) is -0.537. The van der Waals surface area contributed by atoms with Gasteiger partial charge in [-0.25, -0.2) is 4.39 Å². The van der Waals surface area contributed by atoms with Gasteiger partial charge in [0.05, 0.1) is 5.54 Å². The normalized spacial score (nSPS) is 12.4. The first kappa shape index (κ1) is 16.1. The van der Waals surface area contributed by atoms with Gasteiger partial charge in [-0.2, -0.15) is 0 Å². The van der Waals surface area contributed by atoms with Crippen molar-refractivity contribution in [3.8, 4) is 0 Å². The Hall–Kier alpha value is -0.940. The van der Waals surface area contributed by atoms with Gasteiger partial charge in [-0.3, -0.25) is 4.79 Å². The van der Waals surface area contributed by atoms with E-state index < -0.39 is 11.0 Å². The molecule has 0 spiro atoms. The SMILES string of the molecule is CC(C)(N)C(=O)NCC(C)(C)c1cc(Br)ccc1F. The van der Waals surface area contributed by atoms with Crippen LogP contribution in [0.2, 0.25) is 0 Å². The van der Waals surface area contributed by atoms with Gasteiger partial charge in [0.15, 0.2) is 0 Å². The number of nitrogens with two attached hydrogens (primary N) is 1. The summed E-state index contributed by atoms with van der Waals surface area (Å²) in [6.07, 6.45) is 0. The second kappa shape index (κ2) is 5.59. The van der Waals surface area contributed by atoms with Gasteiger partial charge in [-0.1, -0.05) is 29.8 Å². The zero-order chi connectivity index (χ0) is 14.8. The number of carbonyl (C=O) groups excluding carboxylic acids is 1. The lowest BCUT2D eigenvalue weighted by molar-refractivity contribution is -0.125. The van der Waals surface area contributed by atoms with Crippen LogP contribution in [0.5, 0.6) is 0 Å². The third-order valence-electron chi connectivity index (χ3n) is 2.93. The number of amides is 1. The molecule has 0 unspecified atom stereocenters. The van der Waals surface area contributed by atoms with Gasteiger partial charge in [0, 0.05) is 16.4 Å². The van der Waals surface area contributed by atoms with Crippen molar-refractivity contribution >= 4 is 21.8 Å². The van der Waals surface area contributed by atoms with Crippen molar-refractivity contribution in [1.82, 2.24) is 5.32 Å². The number of nitrogens with one attached hydrogen (secondary N) is 1. The molecule has 3 N–H and O–H groups in total. The summed E-state index contributed by atoms with van der Waals surface area (Å²) in [6.45, 7) is 7.34. The maximum atomic E-state index is 13.9. The average Bonchev–Trinajstić information content (AvgIpc) is 2.28. The number of hydrogen-bond donors (Lipinski definition) is 2. The fourth-order valence-corrected chi connectivity index (χ4v) is 2.00. The summed E-state index contributed by atoms with van der Waals surface area (Å²) in [6, 6.07) is 4.79. The minimum absolute atomic E-state index is 0.254. The van der Waals surface area contributed by atoms with E-state index in [-0.39, 0.29) is 11.7 Å². The summed E-state index contributed by atoms with van der Waals surface area (Å²) < 4.78 is 14.7. The number of hydrogen-bond acceptors (Lipinski definition) is 2. The van der Waals surface area contributed by atoms with Gasteiger partial charge < -0.3 is 11.1 Å². The Labute approximate surface area is 121 Å². The standard InChI is InChI=1S/C14H20BrFN2O/c1-13(2,8-18-12(19)14(3,4)17)10-7-9(15)5-6-11(10)16/h5-7H,8,17H2,1-4H3,(H,18,19). The van der Waals surface area contributed by atoms with Crippen LogP contribution in [-0.4, -0.2) is 18.0 Å². The van der Waals surface area contributed by atoms with Crippen LogP contribution in [-0.2, 0) is 10.2 Å². The molecule has 1 rings (SSSR count). The van der Waals surface area contributed by atoms with Crippen molar-refractivity contribution in [1.29, 1.82) is 0 Å². The van der Waals surface area contributed by atoms with E-state index in [0.29, 0.717) is 12.1 Å². The van der Waals surface area contributed by atoms with Crippen molar-refractivity contribution < 1.29 is 9.18 Å². The molecule has 0 fully saturated rings. The molecular weight excluding hydrogens is 311 g/mol. The highest BCUT2D eigenvalue weighted by Gasteiger charge is 2.28. The molecule has 1 aromatic rings. The third-order valence-corrected chi connectivity index (χ3v) is 3.43. The minimum atomic E-state index is -0.939. The molecule has 5 heteroatoms. The first-order valence-corrected chi connectivity index (χ1v) is 6.86. The van der Waals surface area contributed by atoms with Crippen LogP contribution in [0.4, 0.5) is 4.39 Å². The van der Waals surface area contributed by atoms with Crippen LogP contribution >= 0.6 is 15.9 Å². The van der Waals surface area contributed by atoms with Crippen molar-refractivity contribution in [3.63, 3.8) is 0 Å². The summed E-state index contributed by atoms with van der Waals surface area (Å²) in [4.78, 5) is 11.8. The maximum Gasteiger partial charge on any atom is 0.239 e. The molecule has 0 saturated carbocycles. The largest absolute Gasteiger partial charge is 0.354 e. The fourth-order valence-electron chi connectivity index (χ4n) is 1.64. The predicted octanol–water partition coefficient (Wildman–Crippen LogP) is 2.72. The first-order chi connectivity index (χ1) is 8.54. The van der Waals surface area contributed by atoms with Crippen molar-refractivity contribution in [3.05, 3.63) is 34.1 Å². The predicted molar refractivity (Wildman–Crippen MR) is 78.4 cm³/mol. The molecule has 3 nitrogen and oxygen atoms in total. The van der Waals surface area contributed by atoms with E-state index in [2.05, 4.69) is 21.2 Å². The van der Waals surface area contributed by atoms with E-state index in [1.165, 1.54) is 6.07 Å². The molecule has 19 heavy (non-hydrogen) atoms. The Balaban J connectivity index is 2.87. The number of halogens is 2.